The molecule has 13 rings (SSSR count). The molecule has 3 nitrogen and oxygen atoms in total. The molecule has 1 aliphatic carbocycles. The van der Waals surface area contributed by atoms with Crippen LogP contribution in [0.2, 0.25) is 0 Å². The van der Waals surface area contributed by atoms with Crippen LogP contribution in [-0.2, 0) is 5.41 Å². The number of furan rings is 1. The van der Waals surface area contributed by atoms with E-state index in [1.807, 2.05) is 6.07 Å². The number of para-hydroxylation sites is 2. The first-order valence-corrected chi connectivity index (χ1v) is 20.8. The quantitative estimate of drug-likeness (QED) is 0.175. The van der Waals surface area contributed by atoms with E-state index in [-0.39, 0.29) is 5.41 Å². The van der Waals surface area contributed by atoms with E-state index in [1.54, 1.807) is 0 Å². The van der Waals surface area contributed by atoms with E-state index in [0.717, 1.165) is 38.7 Å². The van der Waals surface area contributed by atoms with Crippen LogP contribution in [0, 0.1) is 0 Å². The van der Waals surface area contributed by atoms with Crippen LogP contribution in [0.3, 0.4) is 0 Å². The van der Waals surface area contributed by atoms with E-state index in [9.17, 15) is 0 Å². The molecule has 0 amide bonds. The minimum Gasteiger partial charge on any atom is -0.456 e. The van der Waals surface area contributed by atoms with Crippen molar-refractivity contribution in [2.75, 3.05) is 0 Å². The van der Waals surface area contributed by atoms with Gasteiger partial charge in [-0.3, -0.25) is 0 Å². The van der Waals surface area contributed by atoms with Crippen molar-refractivity contribution in [1.82, 2.24) is 9.13 Å². The maximum absolute atomic E-state index is 6.47. The van der Waals surface area contributed by atoms with Crippen molar-refractivity contribution >= 4 is 65.6 Å². The Balaban J connectivity index is 1.04. The normalized spacial score (nSPS) is 13.3. The van der Waals surface area contributed by atoms with Crippen LogP contribution < -0.4 is 0 Å². The van der Waals surface area contributed by atoms with E-state index < -0.39 is 0 Å². The molecule has 1 aliphatic rings. The van der Waals surface area contributed by atoms with Gasteiger partial charge in [0.25, 0.3) is 0 Å². The zero-order valence-electron chi connectivity index (χ0n) is 33.3. The number of rotatable bonds is 4. The number of nitrogens with zero attached hydrogens (tertiary/aromatic N) is 2. The molecule has 3 heteroatoms. The van der Waals surface area contributed by atoms with Crippen molar-refractivity contribution in [3.63, 3.8) is 0 Å². The Morgan fingerprint density at radius 3 is 1.62 bits per heavy atom. The van der Waals surface area contributed by atoms with E-state index in [2.05, 4.69) is 211 Å². The first-order valence-electron chi connectivity index (χ1n) is 20.8. The Bertz CT molecular complexity index is 3710. The molecule has 0 atom stereocenters. The molecule has 0 saturated heterocycles. The van der Waals surface area contributed by atoms with Gasteiger partial charge in [0.2, 0.25) is 0 Å². The lowest BCUT2D eigenvalue weighted by molar-refractivity contribution is 0.661. The third-order valence-corrected chi connectivity index (χ3v) is 13.3. The summed E-state index contributed by atoms with van der Waals surface area (Å²) in [5, 5.41) is 7.21. The van der Waals surface area contributed by atoms with E-state index in [1.165, 1.54) is 82.8 Å². The highest BCUT2D eigenvalue weighted by molar-refractivity contribution is 6.18. The molecule has 12 aromatic rings. The molecule has 0 saturated carbocycles. The summed E-state index contributed by atoms with van der Waals surface area (Å²) in [4.78, 5) is 0. The molecular formula is C57H38N2O. The fraction of sp³-hybridized carbons (Fsp3) is 0.0526. The number of hydrogen-bond donors (Lipinski definition) is 0. The molecule has 282 valence electrons. The van der Waals surface area contributed by atoms with Gasteiger partial charge in [-0.2, -0.15) is 0 Å². The molecular weight excluding hydrogens is 729 g/mol. The third-order valence-electron chi connectivity index (χ3n) is 13.3. The van der Waals surface area contributed by atoms with Crippen LogP contribution in [0.25, 0.3) is 110 Å². The van der Waals surface area contributed by atoms with Crippen LogP contribution in [0.1, 0.15) is 25.0 Å². The minimum absolute atomic E-state index is 0.0872. The van der Waals surface area contributed by atoms with E-state index in [4.69, 9.17) is 4.42 Å². The van der Waals surface area contributed by atoms with Crippen molar-refractivity contribution in [3.05, 3.63) is 205 Å². The Labute approximate surface area is 347 Å². The zero-order chi connectivity index (χ0) is 39.7. The van der Waals surface area contributed by atoms with Gasteiger partial charge in [0.05, 0.1) is 22.1 Å². The molecule has 0 aliphatic heterocycles. The zero-order valence-corrected chi connectivity index (χ0v) is 33.3. The molecule has 9 aromatic carbocycles. The topological polar surface area (TPSA) is 23.0 Å². The Morgan fingerprint density at radius 1 is 0.333 bits per heavy atom. The molecule has 0 fully saturated rings. The SMILES string of the molecule is CC1(C)c2ccccc2-c2cc3c4cc(-c5ccc6c(c5)c5cc7c(cc5n6-c5ccc(-c6ccccc6)cc5)oc5ccccc57)ccc4n(-c4ccccc4)c3cc21. The first-order chi connectivity index (χ1) is 29.5. The lowest BCUT2D eigenvalue weighted by Gasteiger charge is -2.21. The molecule has 0 N–H and O–H groups in total. The molecule has 0 radical (unpaired) electrons. The van der Waals surface area contributed by atoms with E-state index in [0.29, 0.717) is 0 Å². The molecule has 3 aromatic heterocycles. The standard InChI is InChI=1S/C57H38N2O/c1-57(2)49-19-11-9-17-41(49)43-31-46-44-29-37(23-27-51(44)58(53(46)33-50(43)57)39-15-7-4-8-16-39)38-24-28-52-45(30-38)47-32-48-42-18-10-12-20-55(42)60-56(48)34-54(47)59(52)40-25-21-36(22-26-40)35-13-5-3-6-14-35/h3-34H,1-2H3. The van der Waals surface area contributed by atoms with Gasteiger partial charge in [-0.05, 0) is 117 Å². The van der Waals surface area contributed by atoms with Gasteiger partial charge in [-0.1, -0.05) is 129 Å². The molecule has 0 unspecified atom stereocenters. The molecule has 0 bridgehead atoms. The number of aromatic nitrogens is 2. The summed E-state index contributed by atoms with van der Waals surface area (Å²) in [5.74, 6) is 0. The third kappa shape index (κ3) is 4.66. The minimum atomic E-state index is -0.0872. The van der Waals surface area contributed by atoms with Crippen LogP contribution >= 0.6 is 0 Å². The maximum Gasteiger partial charge on any atom is 0.137 e. The predicted molar refractivity (Wildman–Crippen MR) is 251 cm³/mol. The van der Waals surface area contributed by atoms with Crippen LogP contribution in [-0.4, -0.2) is 9.13 Å². The highest BCUT2D eigenvalue weighted by Crippen LogP contribution is 2.51. The summed E-state index contributed by atoms with van der Waals surface area (Å²) in [6.45, 7) is 4.73. The smallest absolute Gasteiger partial charge is 0.137 e. The Hall–Kier alpha value is -7.62. The molecule has 3 heterocycles. The Kier molecular flexibility index (Phi) is 6.78. The number of benzene rings is 9. The second-order valence-electron chi connectivity index (χ2n) is 16.9. The largest absolute Gasteiger partial charge is 0.456 e. The van der Waals surface area contributed by atoms with Gasteiger partial charge in [-0.25, -0.2) is 0 Å². The fourth-order valence-electron chi connectivity index (χ4n) is 10.4. The second kappa shape index (κ2) is 12.2. The van der Waals surface area contributed by atoms with Crippen LogP contribution in [0.5, 0.6) is 0 Å². The van der Waals surface area contributed by atoms with E-state index >= 15 is 0 Å². The highest BCUT2D eigenvalue weighted by atomic mass is 16.3. The summed E-state index contributed by atoms with van der Waals surface area (Å²) >= 11 is 0. The monoisotopic (exact) mass is 766 g/mol. The molecule has 0 spiro atoms. The van der Waals surface area contributed by atoms with Gasteiger partial charge in [0, 0.05) is 55.2 Å². The molecule has 60 heavy (non-hydrogen) atoms. The lowest BCUT2D eigenvalue weighted by atomic mass is 9.82. The van der Waals surface area contributed by atoms with Gasteiger partial charge in [-0.15, -0.1) is 0 Å². The number of hydrogen-bond acceptors (Lipinski definition) is 1. The van der Waals surface area contributed by atoms with Crippen molar-refractivity contribution < 1.29 is 4.42 Å². The van der Waals surface area contributed by atoms with Crippen LogP contribution in [0.15, 0.2) is 199 Å². The van der Waals surface area contributed by atoms with Gasteiger partial charge in [0.15, 0.2) is 0 Å². The summed E-state index contributed by atoms with van der Waals surface area (Å²) in [7, 11) is 0. The summed E-state index contributed by atoms with van der Waals surface area (Å²) in [6, 6.07) is 71.2. The predicted octanol–water partition coefficient (Wildman–Crippen LogP) is 15.4. The van der Waals surface area contributed by atoms with Gasteiger partial charge >= 0.3 is 0 Å². The highest BCUT2D eigenvalue weighted by Gasteiger charge is 2.36. The van der Waals surface area contributed by atoms with Crippen LogP contribution in [0.4, 0.5) is 0 Å². The summed E-state index contributed by atoms with van der Waals surface area (Å²) in [6.07, 6.45) is 0. The Morgan fingerprint density at radius 2 is 0.883 bits per heavy atom. The summed E-state index contributed by atoms with van der Waals surface area (Å²) < 4.78 is 11.3. The van der Waals surface area contributed by atoms with Crippen molar-refractivity contribution in [1.29, 1.82) is 0 Å². The fourth-order valence-corrected chi connectivity index (χ4v) is 10.4. The van der Waals surface area contributed by atoms with Gasteiger partial charge in [0.1, 0.15) is 11.2 Å². The first kappa shape index (κ1) is 33.4. The average molecular weight is 767 g/mol. The van der Waals surface area contributed by atoms with Crippen molar-refractivity contribution in [2.24, 2.45) is 0 Å². The average Bonchev–Trinajstić information content (AvgIpc) is 3.99. The summed E-state index contributed by atoms with van der Waals surface area (Å²) in [5.41, 5.74) is 19.0. The number of fused-ring (bicyclic) bond motifs is 12. The van der Waals surface area contributed by atoms with Gasteiger partial charge < -0.3 is 13.6 Å². The van der Waals surface area contributed by atoms with Crippen molar-refractivity contribution in [2.45, 2.75) is 19.3 Å². The lowest BCUT2D eigenvalue weighted by Crippen LogP contribution is -2.14. The maximum atomic E-state index is 6.47. The van der Waals surface area contributed by atoms with Crippen molar-refractivity contribution in [3.8, 4) is 44.8 Å². The second-order valence-corrected chi connectivity index (χ2v) is 16.9.